The lowest BCUT2D eigenvalue weighted by Gasteiger charge is -2.27. The van der Waals surface area contributed by atoms with Crippen molar-refractivity contribution in [1.29, 1.82) is 0 Å². The molecule has 2 amide bonds. The van der Waals surface area contributed by atoms with Crippen molar-refractivity contribution in [3.8, 4) is 0 Å². The second-order valence-electron chi connectivity index (χ2n) is 5.17. The van der Waals surface area contributed by atoms with Gasteiger partial charge < -0.3 is 10.2 Å². The molecule has 0 saturated carbocycles. The monoisotopic (exact) mass is 254 g/mol. The van der Waals surface area contributed by atoms with E-state index < -0.39 is 6.04 Å². The molecule has 1 heterocycles. The van der Waals surface area contributed by atoms with Crippen molar-refractivity contribution in [3.63, 3.8) is 0 Å². The van der Waals surface area contributed by atoms with E-state index in [1.807, 2.05) is 13.8 Å². The van der Waals surface area contributed by atoms with Crippen molar-refractivity contribution in [1.82, 2.24) is 10.2 Å². The highest BCUT2D eigenvalue weighted by molar-refractivity contribution is 5.90. The lowest BCUT2D eigenvalue weighted by molar-refractivity contribution is -0.138. The van der Waals surface area contributed by atoms with Crippen LogP contribution in [0.3, 0.4) is 0 Å². The highest BCUT2D eigenvalue weighted by Crippen LogP contribution is 2.10. The second-order valence-corrected chi connectivity index (χ2v) is 5.17. The molecule has 0 aliphatic carbocycles. The van der Waals surface area contributed by atoms with Crippen molar-refractivity contribution in [2.75, 3.05) is 13.1 Å². The second kappa shape index (κ2) is 6.52. The van der Waals surface area contributed by atoms with E-state index in [2.05, 4.69) is 5.32 Å². The molecule has 1 rings (SSSR count). The largest absolute Gasteiger partial charge is 0.345 e. The van der Waals surface area contributed by atoms with Crippen LogP contribution < -0.4 is 5.32 Å². The van der Waals surface area contributed by atoms with Crippen LogP contribution in [0, 0.1) is 5.92 Å². The topological polar surface area (TPSA) is 66.5 Å². The maximum Gasteiger partial charge on any atom is 0.240 e. The molecule has 1 fully saturated rings. The molecule has 1 N–H and O–H groups in total. The average Bonchev–Trinajstić information content (AvgIpc) is 2.28. The third kappa shape index (κ3) is 4.13. The van der Waals surface area contributed by atoms with Crippen LogP contribution in [-0.4, -0.2) is 41.6 Å². The Kier molecular flexibility index (Phi) is 5.31. The van der Waals surface area contributed by atoms with Gasteiger partial charge in [0, 0.05) is 13.0 Å². The van der Waals surface area contributed by atoms with Gasteiger partial charge in [-0.3, -0.25) is 14.4 Å². The smallest absolute Gasteiger partial charge is 0.240 e. The molecule has 18 heavy (non-hydrogen) atoms. The minimum atomic E-state index is -0.461. The van der Waals surface area contributed by atoms with Crippen molar-refractivity contribution in [2.24, 2.45) is 5.92 Å². The van der Waals surface area contributed by atoms with Crippen LogP contribution in [0.4, 0.5) is 0 Å². The van der Waals surface area contributed by atoms with Crippen LogP contribution in [-0.2, 0) is 14.4 Å². The van der Waals surface area contributed by atoms with Crippen molar-refractivity contribution in [3.05, 3.63) is 0 Å². The summed E-state index contributed by atoms with van der Waals surface area (Å²) in [7, 11) is 0. The van der Waals surface area contributed by atoms with Crippen molar-refractivity contribution < 1.29 is 14.4 Å². The molecule has 0 aromatic carbocycles. The van der Waals surface area contributed by atoms with Gasteiger partial charge in [-0.25, -0.2) is 0 Å². The molecule has 5 nitrogen and oxygen atoms in total. The summed E-state index contributed by atoms with van der Waals surface area (Å²) < 4.78 is 0. The van der Waals surface area contributed by atoms with Gasteiger partial charge in [0.15, 0.2) is 5.78 Å². The molecule has 0 aromatic rings. The lowest BCUT2D eigenvalue weighted by atomic mass is 10.0. The first-order chi connectivity index (χ1) is 8.41. The summed E-state index contributed by atoms with van der Waals surface area (Å²) in [6.45, 7) is 5.95. The number of amides is 2. The normalized spacial score (nSPS) is 17.8. The summed E-state index contributed by atoms with van der Waals surface area (Å²) in [6.07, 6.45) is 2.37. The van der Waals surface area contributed by atoms with Crippen LogP contribution in [0.25, 0.3) is 0 Å². The molecule has 5 heteroatoms. The maximum absolute atomic E-state index is 11.8. The summed E-state index contributed by atoms with van der Waals surface area (Å²) >= 11 is 0. The number of hydrogen-bond acceptors (Lipinski definition) is 3. The van der Waals surface area contributed by atoms with Gasteiger partial charge in [-0.15, -0.1) is 0 Å². The van der Waals surface area contributed by atoms with Gasteiger partial charge in [0.1, 0.15) is 0 Å². The molecule has 0 radical (unpaired) electrons. The number of hydrogen-bond donors (Lipinski definition) is 1. The van der Waals surface area contributed by atoms with Gasteiger partial charge in [0.05, 0.1) is 12.6 Å². The molecule has 1 atom stereocenters. The van der Waals surface area contributed by atoms with Crippen LogP contribution in [0.5, 0.6) is 0 Å². The van der Waals surface area contributed by atoms with Gasteiger partial charge >= 0.3 is 0 Å². The third-order valence-electron chi connectivity index (χ3n) is 3.18. The fourth-order valence-corrected chi connectivity index (χ4v) is 2.16. The van der Waals surface area contributed by atoms with Crippen LogP contribution in [0.2, 0.25) is 0 Å². The predicted octanol–water partition coefficient (Wildman–Crippen LogP) is 0.729. The number of likely N-dealkylation sites (tertiary alicyclic amines) is 1. The Morgan fingerprint density at radius 3 is 2.50 bits per heavy atom. The standard InChI is InChI=1S/C13H22N2O3/c1-9(2)13(10(3)16)14-11(17)8-15-7-5-4-6-12(15)18/h9,13H,4-8H2,1-3H3,(H,14,17). The number of carbonyl (C=O) groups is 3. The number of carbonyl (C=O) groups excluding carboxylic acids is 3. The third-order valence-corrected chi connectivity index (χ3v) is 3.18. The fraction of sp³-hybridized carbons (Fsp3) is 0.769. The Labute approximate surface area is 108 Å². The number of Topliss-reactive ketones (excluding diaryl/α,β-unsaturated/α-hetero) is 1. The van der Waals surface area contributed by atoms with Gasteiger partial charge in [-0.2, -0.15) is 0 Å². The molecule has 0 bridgehead atoms. The maximum atomic E-state index is 11.8. The van der Waals surface area contributed by atoms with Crippen molar-refractivity contribution in [2.45, 2.75) is 46.1 Å². The van der Waals surface area contributed by atoms with Gasteiger partial charge in [0.25, 0.3) is 0 Å². The molecule has 0 spiro atoms. The number of ketones is 1. The zero-order chi connectivity index (χ0) is 13.7. The van der Waals surface area contributed by atoms with Crippen LogP contribution in [0.15, 0.2) is 0 Å². The van der Waals surface area contributed by atoms with Crippen LogP contribution >= 0.6 is 0 Å². The minimum Gasteiger partial charge on any atom is -0.345 e. The van der Waals surface area contributed by atoms with E-state index in [1.54, 1.807) is 4.90 Å². The molecule has 0 aromatic heterocycles. The summed E-state index contributed by atoms with van der Waals surface area (Å²) in [6, 6.07) is -0.461. The fourth-order valence-electron chi connectivity index (χ4n) is 2.16. The molecule has 1 saturated heterocycles. The number of rotatable bonds is 5. The van der Waals surface area contributed by atoms with Gasteiger partial charge in [-0.1, -0.05) is 13.8 Å². The minimum absolute atomic E-state index is 0.0281. The van der Waals surface area contributed by atoms with E-state index in [0.717, 1.165) is 12.8 Å². The Balaban J connectivity index is 2.49. The van der Waals surface area contributed by atoms with Gasteiger partial charge in [-0.05, 0) is 25.7 Å². The van der Waals surface area contributed by atoms with E-state index in [9.17, 15) is 14.4 Å². The number of nitrogens with one attached hydrogen (secondary N) is 1. The summed E-state index contributed by atoms with van der Waals surface area (Å²) in [5.41, 5.74) is 0. The van der Waals surface area contributed by atoms with E-state index >= 15 is 0 Å². The Hall–Kier alpha value is -1.39. The van der Waals surface area contributed by atoms with E-state index in [1.165, 1.54) is 6.92 Å². The molecule has 1 unspecified atom stereocenters. The van der Waals surface area contributed by atoms with Gasteiger partial charge in [0.2, 0.25) is 11.8 Å². The first-order valence-electron chi connectivity index (χ1n) is 6.49. The summed E-state index contributed by atoms with van der Waals surface area (Å²) in [5, 5.41) is 2.70. The predicted molar refractivity (Wildman–Crippen MR) is 67.9 cm³/mol. The Morgan fingerprint density at radius 2 is 2.00 bits per heavy atom. The molecular formula is C13H22N2O3. The summed E-state index contributed by atoms with van der Waals surface area (Å²) in [5.74, 6) is -0.216. The first kappa shape index (κ1) is 14.7. The number of piperidine rings is 1. The molecular weight excluding hydrogens is 232 g/mol. The summed E-state index contributed by atoms with van der Waals surface area (Å²) in [4.78, 5) is 36.3. The average molecular weight is 254 g/mol. The van der Waals surface area contributed by atoms with Crippen LogP contribution in [0.1, 0.15) is 40.0 Å². The zero-order valence-corrected chi connectivity index (χ0v) is 11.4. The zero-order valence-electron chi connectivity index (χ0n) is 11.4. The van der Waals surface area contributed by atoms with Crippen molar-refractivity contribution >= 4 is 17.6 Å². The highest BCUT2D eigenvalue weighted by atomic mass is 16.2. The van der Waals surface area contributed by atoms with E-state index in [-0.39, 0.29) is 30.1 Å². The van der Waals surface area contributed by atoms with E-state index in [4.69, 9.17) is 0 Å². The lowest BCUT2D eigenvalue weighted by Crippen LogP contribution is -2.49. The Morgan fingerprint density at radius 1 is 1.33 bits per heavy atom. The molecule has 1 aliphatic rings. The van der Waals surface area contributed by atoms with E-state index in [0.29, 0.717) is 13.0 Å². The Bertz CT molecular complexity index is 339. The SMILES string of the molecule is CC(=O)C(NC(=O)CN1CCCCC1=O)C(C)C. The quantitative estimate of drug-likeness (QED) is 0.786. The molecule has 1 aliphatic heterocycles. The number of nitrogens with zero attached hydrogens (tertiary/aromatic N) is 1. The highest BCUT2D eigenvalue weighted by Gasteiger charge is 2.24. The molecule has 102 valence electrons. The first-order valence-corrected chi connectivity index (χ1v) is 6.49.